The Balaban J connectivity index is 3.51. The van der Waals surface area contributed by atoms with Gasteiger partial charge >= 0.3 is 0 Å². The average molecular weight is 214 g/mol. The van der Waals surface area contributed by atoms with Gasteiger partial charge in [0, 0.05) is 5.56 Å². The van der Waals surface area contributed by atoms with Crippen LogP contribution in [0.3, 0.4) is 0 Å². The maximum absolute atomic E-state index is 13.5. The number of carbonyl (C=O) groups excluding carboxylic acids is 1. The van der Waals surface area contributed by atoms with Crippen LogP contribution in [-0.2, 0) is 0 Å². The third-order valence-corrected chi connectivity index (χ3v) is 2.16. The third-order valence-electron chi connectivity index (χ3n) is 2.16. The molecule has 1 rings (SSSR count). The molecular weight excluding hydrogens is 202 g/mol. The molecule has 4 heteroatoms. The fourth-order valence-electron chi connectivity index (χ4n) is 1.43. The largest absolute Gasteiger partial charge is 0.496 e. The van der Waals surface area contributed by atoms with E-state index in [9.17, 15) is 13.6 Å². The van der Waals surface area contributed by atoms with Gasteiger partial charge in [0.25, 0.3) is 0 Å². The summed E-state index contributed by atoms with van der Waals surface area (Å²) in [6, 6.07) is 1.21. The number of benzene rings is 1. The highest BCUT2D eigenvalue weighted by Crippen LogP contribution is 2.31. The van der Waals surface area contributed by atoms with E-state index < -0.39 is 11.6 Å². The van der Waals surface area contributed by atoms with Crippen molar-refractivity contribution in [3.05, 3.63) is 28.8 Å². The lowest BCUT2D eigenvalue weighted by atomic mass is 9.99. The summed E-state index contributed by atoms with van der Waals surface area (Å²) < 4.78 is 31.7. The van der Waals surface area contributed by atoms with Gasteiger partial charge in [0.15, 0.2) is 17.9 Å². The first-order valence-electron chi connectivity index (χ1n) is 4.54. The SMILES string of the molecule is COc1cc(C=O)c(F)c(F)c1C(C)C. The van der Waals surface area contributed by atoms with Gasteiger partial charge in [-0.3, -0.25) is 4.79 Å². The molecule has 0 saturated carbocycles. The van der Waals surface area contributed by atoms with Gasteiger partial charge in [-0.2, -0.15) is 0 Å². The molecule has 0 aliphatic carbocycles. The quantitative estimate of drug-likeness (QED) is 0.723. The van der Waals surface area contributed by atoms with Crippen LogP contribution < -0.4 is 4.74 Å². The molecule has 0 saturated heterocycles. The number of hydrogen-bond acceptors (Lipinski definition) is 2. The van der Waals surface area contributed by atoms with Crippen LogP contribution in [0.4, 0.5) is 8.78 Å². The summed E-state index contributed by atoms with van der Waals surface area (Å²) in [5, 5.41) is 0. The van der Waals surface area contributed by atoms with Crippen molar-refractivity contribution in [1.82, 2.24) is 0 Å². The number of hydrogen-bond donors (Lipinski definition) is 0. The average Bonchev–Trinajstić information content (AvgIpc) is 2.20. The predicted molar refractivity (Wildman–Crippen MR) is 52.4 cm³/mol. The lowest BCUT2D eigenvalue weighted by Crippen LogP contribution is -2.04. The van der Waals surface area contributed by atoms with Crippen LogP contribution in [0.1, 0.15) is 35.7 Å². The van der Waals surface area contributed by atoms with Crippen LogP contribution in [0.5, 0.6) is 5.75 Å². The van der Waals surface area contributed by atoms with Crippen molar-refractivity contribution in [3.63, 3.8) is 0 Å². The molecule has 82 valence electrons. The molecule has 0 fully saturated rings. The Morgan fingerprint density at radius 1 is 1.33 bits per heavy atom. The number of carbonyl (C=O) groups is 1. The molecule has 1 aromatic rings. The normalized spacial score (nSPS) is 10.5. The number of methoxy groups -OCH3 is 1. The lowest BCUT2D eigenvalue weighted by Gasteiger charge is -2.14. The summed E-state index contributed by atoms with van der Waals surface area (Å²) in [4.78, 5) is 10.5. The van der Waals surface area contributed by atoms with Gasteiger partial charge in [-0.15, -0.1) is 0 Å². The van der Waals surface area contributed by atoms with Crippen LogP contribution in [0.25, 0.3) is 0 Å². The fourth-order valence-corrected chi connectivity index (χ4v) is 1.43. The molecule has 0 amide bonds. The molecule has 1 aromatic carbocycles. The van der Waals surface area contributed by atoms with Gasteiger partial charge < -0.3 is 4.74 Å². The fraction of sp³-hybridized carbons (Fsp3) is 0.364. The Morgan fingerprint density at radius 3 is 2.33 bits per heavy atom. The molecule has 0 aliphatic heterocycles. The minimum Gasteiger partial charge on any atom is -0.496 e. The first-order chi connectivity index (χ1) is 7.02. The molecule has 0 N–H and O–H groups in total. The summed E-state index contributed by atoms with van der Waals surface area (Å²) in [6.07, 6.45) is 0.269. The van der Waals surface area contributed by atoms with Gasteiger partial charge in [-0.05, 0) is 12.0 Å². The zero-order valence-electron chi connectivity index (χ0n) is 8.80. The van der Waals surface area contributed by atoms with E-state index in [0.29, 0.717) is 0 Å². The molecule has 0 heterocycles. The van der Waals surface area contributed by atoms with Gasteiger partial charge in [0.2, 0.25) is 0 Å². The molecular formula is C11H12F2O2. The standard InChI is InChI=1S/C11H12F2O2/c1-6(2)9-8(15-3)4-7(5-14)10(12)11(9)13/h4-6H,1-3H3. The topological polar surface area (TPSA) is 26.3 Å². The Morgan fingerprint density at radius 2 is 1.93 bits per heavy atom. The third kappa shape index (κ3) is 1.98. The van der Waals surface area contributed by atoms with Crippen molar-refractivity contribution >= 4 is 6.29 Å². The van der Waals surface area contributed by atoms with Crippen LogP contribution in [0, 0.1) is 11.6 Å². The van der Waals surface area contributed by atoms with Gasteiger partial charge in [0.1, 0.15) is 5.75 Å². The summed E-state index contributed by atoms with van der Waals surface area (Å²) in [6.45, 7) is 3.45. The van der Waals surface area contributed by atoms with Crippen molar-refractivity contribution in [2.24, 2.45) is 0 Å². The molecule has 0 spiro atoms. The van der Waals surface area contributed by atoms with E-state index in [-0.39, 0.29) is 29.1 Å². The van der Waals surface area contributed by atoms with Crippen molar-refractivity contribution in [2.75, 3.05) is 7.11 Å². The molecule has 0 radical (unpaired) electrons. The van der Waals surface area contributed by atoms with Crippen molar-refractivity contribution in [2.45, 2.75) is 19.8 Å². The smallest absolute Gasteiger partial charge is 0.169 e. The molecule has 2 nitrogen and oxygen atoms in total. The second-order valence-corrected chi connectivity index (χ2v) is 3.48. The Kier molecular flexibility index (Phi) is 3.39. The lowest BCUT2D eigenvalue weighted by molar-refractivity contribution is 0.111. The van der Waals surface area contributed by atoms with E-state index in [1.54, 1.807) is 13.8 Å². The molecule has 0 unspecified atom stereocenters. The highest BCUT2D eigenvalue weighted by molar-refractivity contribution is 5.76. The zero-order chi connectivity index (χ0) is 11.6. The second-order valence-electron chi connectivity index (χ2n) is 3.48. The highest BCUT2D eigenvalue weighted by Gasteiger charge is 2.20. The first kappa shape index (κ1) is 11.6. The monoisotopic (exact) mass is 214 g/mol. The Hall–Kier alpha value is -1.45. The first-order valence-corrected chi connectivity index (χ1v) is 4.54. The van der Waals surface area contributed by atoms with E-state index in [2.05, 4.69) is 0 Å². The van der Waals surface area contributed by atoms with E-state index in [4.69, 9.17) is 4.74 Å². The second kappa shape index (κ2) is 4.38. The van der Waals surface area contributed by atoms with E-state index in [1.807, 2.05) is 0 Å². The van der Waals surface area contributed by atoms with Gasteiger partial charge in [-0.1, -0.05) is 13.8 Å². The maximum Gasteiger partial charge on any atom is 0.169 e. The van der Waals surface area contributed by atoms with E-state index in [1.165, 1.54) is 13.2 Å². The van der Waals surface area contributed by atoms with E-state index in [0.717, 1.165) is 0 Å². The number of halogens is 2. The minimum atomic E-state index is -1.12. The molecule has 0 aromatic heterocycles. The minimum absolute atomic E-state index is 0.153. The van der Waals surface area contributed by atoms with Gasteiger partial charge in [0.05, 0.1) is 12.7 Å². The zero-order valence-corrected chi connectivity index (χ0v) is 8.80. The van der Waals surface area contributed by atoms with Crippen molar-refractivity contribution in [1.29, 1.82) is 0 Å². The molecule has 0 aliphatic rings. The number of rotatable bonds is 3. The van der Waals surface area contributed by atoms with E-state index >= 15 is 0 Å². The Bertz CT molecular complexity index is 387. The molecule has 0 atom stereocenters. The summed E-state index contributed by atoms with van der Waals surface area (Å²) in [7, 11) is 1.35. The maximum atomic E-state index is 13.5. The summed E-state index contributed by atoms with van der Waals surface area (Å²) >= 11 is 0. The molecule has 15 heavy (non-hydrogen) atoms. The number of ether oxygens (including phenoxy) is 1. The van der Waals surface area contributed by atoms with Gasteiger partial charge in [-0.25, -0.2) is 8.78 Å². The van der Waals surface area contributed by atoms with Crippen molar-refractivity contribution < 1.29 is 18.3 Å². The Labute approximate surface area is 86.9 Å². The predicted octanol–water partition coefficient (Wildman–Crippen LogP) is 2.91. The highest BCUT2D eigenvalue weighted by atomic mass is 19.2. The van der Waals surface area contributed by atoms with Crippen LogP contribution in [-0.4, -0.2) is 13.4 Å². The van der Waals surface area contributed by atoms with Crippen molar-refractivity contribution in [3.8, 4) is 5.75 Å². The van der Waals surface area contributed by atoms with Crippen LogP contribution in [0.15, 0.2) is 6.07 Å². The summed E-state index contributed by atoms with van der Waals surface area (Å²) in [5.74, 6) is -2.14. The van der Waals surface area contributed by atoms with Crippen LogP contribution >= 0.6 is 0 Å². The number of aldehydes is 1. The molecule has 0 bridgehead atoms. The van der Waals surface area contributed by atoms with Crippen LogP contribution in [0.2, 0.25) is 0 Å². The summed E-state index contributed by atoms with van der Waals surface area (Å²) in [5.41, 5.74) is -0.172.